The second-order valence-corrected chi connectivity index (χ2v) is 9.90. The first-order chi connectivity index (χ1) is 18.4. The van der Waals surface area contributed by atoms with E-state index in [1.165, 1.54) is 0 Å². The first kappa shape index (κ1) is 27.1. The summed E-state index contributed by atoms with van der Waals surface area (Å²) in [4.78, 5) is 49.1. The van der Waals surface area contributed by atoms with E-state index in [0.717, 1.165) is 12.0 Å². The zero-order valence-electron chi connectivity index (χ0n) is 22.3. The Morgan fingerprint density at radius 2 is 1.87 bits per heavy atom. The summed E-state index contributed by atoms with van der Waals surface area (Å²) >= 11 is 0. The van der Waals surface area contributed by atoms with E-state index in [2.05, 4.69) is 20.7 Å². The van der Waals surface area contributed by atoms with Crippen LogP contribution in [0.2, 0.25) is 0 Å². The molecule has 0 spiro atoms. The third-order valence-electron chi connectivity index (χ3n) is 7.06. The van der Waals surface area contributed by atoms with E-state index in [0.29, 0.717) is 49.8 Å². The lowest BCUT2D eigenvalue weighted by Crippen LogP contribution is -2.51. The molecule has 1 aliphatic rings. The molecule has 38 heavy (non-hydrogen) atoms. The van der Waals surface area contributed by atoms with Gasteiger partial charge in [0.05, 0.1) is 12.6 Å². The SMILES string of the molecule is CC[C@H](C)[C@@H]1NC(=O)CCCN(C(=O)c2ccc[nH]2)CCn2nc(C)nc2[C@H](Cc2ccccc2)NC1=O. The van der Waals surface area contributed by atoms with Crippen LogP contribution in [-0.2, 0) is 22.6 Å². The molecule has 3 aromatic rings. The van der Waals surface area contributed by atoms with Crippen LogP contribution in [0.4, 0.5) is 0 Å². The lowest BCUT2D eigenvalue weighted by atomic mass is 9.97. The number of H-pyrrole nitrogens is 1. The Labute approximate surface area is 223 Å². The van der Waals surface area contributed by atoms with Gasteiger partial charge in [0.2, 0.25) is 11.8 Å². The predicted molar refractivity (Wildman–Crippen MR) is 143 cm³/mol. The van der Waals surface area contributed by atoms with Crippen LogP contribution in [0.5, 0.6) is 0 Å². The fourth-order valence-corrected chi connectivity index (χ4v) is 4.75. The van der Waals surface area contributed by atoms with Gasteiger partial charge in [-0.1, -0.05) is 50.6 Å². The smallest absolute Gasteiger partial charge is 0.270 e. The topological polar surface area (TPSA) is 125 Å². The highest BCUT2D eigenvalue weighted by Crippen LogP contribution is 2.20. The Balaban J connectivity index is 1.70. The van der Waals surface area contributed by atoms with Gasteiger partial charge >= 0.3 is 0 Å². The van der Waals surface area contributed by atoms with Crippen LogP contribution in [0.15, 0.2) is 48.7 Å². The van der Waals surface area contributed by atoms with E-state index in [1.807, 2.05) is 51.1 Å². The van der Waals surface area contributed by atoms with Crippen molar-refractivity contribution in [2.24, 2.45) is 5.92 Å². The van der Waals surface area contributed by atoms with Crippen molar-refractivity contribution >= 4 is 17.7 Å². The van der Waals surface area contributed by atoms with Gasteiger partial charge in [0.1, 0.15) is 23.4 Å². The minimum absolute atomic E-state index is 0.0604. The number of fused-ring (bicyclic) bond motifs is 1. The van der Waals surface area contributed by atoms with Crippen LogP contribution in [0, 0.1) is 12.8 Å². The molecular formula is C28H37N7O3. The number of aromatic nitrogens is 4. The first-order valence-corrected chi connectivity index (χ1v) is 13.3. The maximum Gasteiger partial charge on any atom is 0.270 e. The van der Waals surface area contributed by atoms with Gasteiger partial charge in [-0.05, 0) is 43.4 Å². The summed E-state index contributed by atoms with van der Waals surface area (Å²) in [5.74, 6) is 0.584. The van der Waals surface area contributed by atoms with E-state index in [9.17, 15) is 14.4 Å². The van der Waals surface area contributed by atoms with Gasteiger partial charge in [-0.15, -0.1) is 0 Å². The summed E-state index contributed by atoms with van der Waals surface area (Å²) < 4.78 is 1.79. The summed E-state index contributed by atoms with van der Waals surface area (Å²) in [6, 6.07) is 12.3. The summed E-state index contributed by atoms with van der Waals surface area (Å²) in [7, 11) is 0. The van der Waals surface area contributed by atoms with Crippen molar-refractivity contribution < 1.29 is 14.4 Å². The van der Waals surface area contributed by atoms with Crippen molar-refractivity contribution in [3.05, 3.63) is 71.6 Å². The molecule has 3 N–H and O–H groups in total. The zero-order valence-corrected chi connectivity index (χ0v) is 22.3. The molecule has 202 valence electrons. The number of amides is 3. The molecule has 10 heteroatoms. The third-order valence-corrected chi connectivity index (χ3v) is 7.06. The maximum atomic E-state index is 13.6. The van der Waals surface area contributed by atoms with Gasteiger partial charge in [0.25, 0.3) is 5.91 Å². The highest BCUT2D eigenvalue weighted by Gasteiger charge is 2.31. The quantitative estimate of drug-likeness (QED) is 0.478. The Kier molecular flexibility index (Phi) is 8.93. The number of hydrogen-bond donors (Lipinski definition) is 3. The maximum absolute atomic E-state index is 13.6. The number of nitrogens with one attached hydrogen (secondary N) is 3. The molecule has 10 nitrogen and oxygen atoms in total. The molecule has 0 aliphatic carbocycles. The first-order valence-electron chi connectivity index (χ1n) is 13.3. The molecule has 1 aliphatic heterocycles. The number of carbonyl (C=O) groups is 3. The van der Waals surface area contributed by atoms with Crippen LogP contribution >= 0.6 is 0 Å². The van der Waals surface area contributed by atoms with E-state index in [1.54, 1.807) is 27.9 Å². The minimum atomic E-state index is -0.678. The van der Waals surface area contributed by atoms with Gasteiger partial charge in [0, 0.05) is 25.7 Å². The number of benzene rings is 1. The molecule has 2 aromatic heterocycles. The van der Waals surface area contributed by atoms with Crippen molar-refractivity contribution in [1.82, 2.24) is 35.3 Å². The van der Waals surface area contributed by atoms with Crippen LogP contribution in [0.3, 0.4) is 0 Å². The van der Waals surface area contributed by atoms with Crippen molar-refractivity contribution in [3.8, 4) is 0 Å². The van der Waals surface area contributed by atoms with E-state index >= 15 is 0 Å². The normalized spacial score (nSPS) is 20.1. The molecule has 3 amide bonds. The standard InChI is InChI=1S/C28H37N7O3/c1-4-19(2)25-27(37)31-23(18-21-10-6-5-7-11-21)26-30-20(3)33-35(26)17-16-34(15-9-13-24(36)32-25)28(38)22-12-8-14-29-22/h5-8,10-12,14,19,23,25,29H,4,9,13,15-18H2,1-3H3,(H,31,37)(H,32,36)/t19-,23-,25-/m0/s1. The van der Waals surface area contributed by atoms with Crippen molar-refractivity contribution in [1.29, 1.82) is 0 Å². The highest BCUT2D eigenvalue weighted by atomic mass is 16.2. The Morgan fingerprint density at radius 1 is 1.08 bits per heavy atom. The van der Waals surface area contributed by atoms with Crippen LogP contribution in [0.1, 0.15) is 66.9 Å². The lowest BCUT2D eigenvalue weighted by molar-refractivity contribution is -0.130. The predicted octanol–water partition coefficient (Wildman–Crippen LogP) is 2.78. The summed E-state index contributed by atoms with van der Waals surface area (Å²) in [5, 5.41) is 10.7. The molecular weight excluding hydrogens is 482 g/mol. The Bertz CT molecular complexity index is 1220. The zero-order chi connectivity index (χ0) is 27.1. The second kappa shape index (κ2) is 12.5. The van der Waals surface area contributed by atoms with E-state index in [4.69, 9.17) is 4.98 Å². The van der Waals surface area contributed by atoms with Gasteiger partial charge in [-0.25, -0.2) is 9.67 Å². The largest absolute Gasteiger partial charge is 0.357 e. The fourth-order valence-electron chi connectivity index (χ4n) is 4.75. The summed E-state index contributed by atoms with van der Waals surface area (Å²) in [6.45, 7) is 6.98. The number of aromatic amines is 1. The van der Waals surface area contributed by atoms with E-state index < -0.39 is 12.1 Å². The molecule has 3 atom stereocenters. The second-order valence-electron chi connectivity index (χ2n) is 9.90. The highest BCUT2D eigenvalue weighted by molar-refractivity contribution is 5.92. The number of aryl methyl sites for hydroxylation is 1. The third kappa shape index (κ3) is 6.67. The van der Waals surface area contributed by atoms with Gasteiger partial charge in [-0.3, -0.25) is 14.4 Å². The molecule has 0 radical (unpaired) electrons. The molecule has 0 saturated heterocycles. The van der Waals surface area contributed by atoms with Crippen molar-refractivity contribution in [2.45, 2.75) is 65.1 Å². The molecule has 0 bridgehead atoms. The molecule has 3 heterocycles. The average molecular weight is 520 g/mol. The van der Waals surface area contributed by atoms with E-state index in [-0.39, 0.29) is 30.1 Å². The van der Waals surface area contributed by atoms with Crippen LogP contribution in [0.25, 0.3) is 0 Å². The molecule has 4 rings (SSSR count). The average Bonchev–Trinajstić information content (AvgIpc) is 3.58. The monoisotopic (exact) mass is 519 g/mol. The molecule has 0 saturated carbocycles. The number of hydrogen-bond acceptors (Lipinski definition) is 5. The lowest BCUT2D eigenvalue weighted by Gasteiger charge is -2.28. The summed E-state index contributed by atoms with van der Waals surface area (Å²) in [6.07, 6.45) is 3.66. The van der Waals surface area contributed by atoms with Crippen molar-refractivity contribution in [3.63, 3.8) is 0 Å². The van der Waals surface area contributed by atoms with Gasteiger partial charge < -0.3 is 20.5 Å². The minimum Gasteiger partial charge on any atom is -0.357 e. The number of carbonyl (C=O) groups excluding carboxylic acids is 3. The molecule has 1 aromatic carbocycles. The van der Waals surface area contributed by atoms with Gasteiger partial charge in [0.15, 0.2) is 0 Å². The van der Waals surface area contributed by atoms with Crippen LogP contribution < -0.4 is 10.6 Å². The fraction of sp³-hybridized carbons (Fsp3) is 0.464. The number of rotatable bonds is 5. The molecule has 0 unspecified atom stereocenters. The molecule has 0 fully saturated rings. The van der Waals surface area contributed by atoms with Crippen molar-refractivity contribution in [2.75, 3.05) is 13.1 Å². The van der Waals surface area contributed by atoms with Gasteiger partial charge in [-0.2, -0.15) is 5.10 Å². The van der Waals surface area contributed by atoms with Crippen LogP contribution in [-0.4, -0.2) is 61.5 Å². The number of nitrogens with zero attached hydrogens (tertiary/aromatic N) is 4. The Morgan fingerprint density at radius 3 is 2.58 bits per heavy atom. The summed E-state index contributed by atoms with van der Waals surface area (Å²) in [5.41, 5.74) is 1.54. The Hall–Kier alpha value is -3.95.